The van der Waals surface area contributed by atoms with Crippen molar-refractivity contribution in [2.24, 2.45) is 0 Å². The van der Waals surface area contributed by atoms with E-state index in [1.165, 1.54) is 53.4 Å². The number of esters is 1. The van der Waals surface area contributed by atoms with E-state index in [-0.39, 0.29) is 28.5 Å². The Morgan fingerprint density at radius 2 is 1.53 bits per heavy atom. The molecule has 0 spiro atoms. The highest BCUT2D eigenvalue weighted by Gasteiger charge is 2.47. The van der Waals surface area contributed by atoms with Gasteiger partial charge in [-0.25, -0.2) is 4.79 Å². The monoisotopic (exact) mass is 486 g/mol. The van der Waals surface area contributed by atoms with E-state index in [1.54, 1.807) is 44.2 Å². The molecule has 0 aromatic heterocycles. The lowest BCUT2D eigenvalue weighted by Gasteiger charge is -2.25. The molecule has 1 saturated heterocycles. The smallest absolute Gasteiger partial charge is 0.338 e. The van der Waals surface area contributed by atoms with E-state index in [9.17, 15) is 29.6 Å². The zero-order valence-corrected chi connectivity index (χ0v) is 19.5. The molecule has 0 saturated carbocycles. The number of carbonyl (C=O) groups excluding carboxylic acids is 3. The van der Waals surface area contributed by atoms with Crippen molar-refractivity contribution in [3.05, 3.63) is 111 Å². The summed E-state index contributed by atoms with van der Waals surface area (Å²) in [4.78, 5) is 50.2. The molecule has 1 amide bonds. The first kappa shape index (κ1) is 24.3. The van der Waals surface area contributed by atoms with Gasteiger partial charge in [0.25, 0.3) is 17.4 Å². The van der Waals surface area contributed by atoms with Gasteiger partial charge in [-0.15, -0.1) is 0 Å². The largest absolute Gasteiger partial charge is 0.507 e. The summed E-state index contributed by atoms with van der Waals surface area (Å²) < 4.78 is 5.19. The van der Waals surface area contributed by atoms with Crippen LogP contribution in [0.15, 0.2) is 84.4 Å². The van der Waals surface area contributed by atoms with E-state index < -0.39 is 34.4 Å². The summed E-state index contributed by atoms with van der Waals surface area (Å²) in [5, 5.41) is 22.1. The van der Waals surface area contributed by atoms with Crippen LogP contribution in [0.25, 0.3) is 5.76 Å². The summed E-state index contributed by atoms with van der Waals surface area (Å²) in [6.45, 7) is 3.47. The van der Waals surface area contributed by atoms with Gasteiger partial charge in [-0.05, 0) is 55.8 Å². The van der Waals surface area contributed by atoms with Crippen LogP contribution in [-0.2, 0) is 14.3 Å². The molecule has 0 bridgehead atoms. The van der Waals surface area contributed by atoms with E-state index >= 15 is 0 Å². The number of aliphatic hydroxyl groups excluding tert-OH is 1. The first-order valence-electron chi connectivity index (χ1n) is 11.1. The third kappa shape index (κ3) is 4.58. The number of amides is 1. The molecule has 1 N–H and O–H groups in total. The fraction of sp³-hybridized carbons (Fsp3) is 0.148. The molecule has 1 aliphatic rings. The van der Waals surface area contributed by atoms with Gasteiger partial charge in [0.1, 0.15) is 5.76 Å². The normalized spacial score (nSPS) is 16.9. The van der Waals surface area contributed by atoms with Gasteiger partial charge in [-0.1, -0.05) is 30.3 Å². The SMILES string of the molecule is CC(C)OC(=O)c1ccc(N2C(=O)C(=O)/C(=C(\O)c3ccc([N+](=O)[O-])cc3)C2c2ccccc2)cc1. The number of ether oxygens (including phenoxy) is 1. The van der Waals surface area contributed by atoms with Crippen LogP contribution in [0.1, 0.15) is 41.4 Å². The molecule has 9 nitrogen and oxygen atoms in total. The number of nitro groups is 1. The maximum absolute atomic E-state index is 13.2. The highest BCUT2D eigenvalue weighted by Crippen LogP contribution is 2.42. The second-order valence-corrected chi connectivity index (χ2v) is 8.38. The van der Waals surface area contributed by atoms with Gasteiger partial charge in [-0.3, -0.25) is 24.6 Å². The van der Waals surface area contributed by atoms with Crippen molar-refractivity contribution in [1.82, 2.24) is 0 Å². The molecule has 36 heavy (non-hydrogen) atoms. The van der Waals surface area contributed by atoms with Crippen molar-refractivity contribution in [3.8, 4) is 0 Å². The van der Waals surface area contributed by atoms with Crippen LogP contribution in [0, 0.1) is 10.1 Å². The topological polar surface area (TPSA) is 127 Å². The Bertz CT molecular complexity index is 1360. The van der Waals surface area contributed by atoms with Crippen molar-refractivity contribution in [1.29, 1.82) is 0 Å². The molecule has 0 radical (unpaired) electrons. The summed E-state index contributed by atoms with van der Waals surface area (Å²) in [5.74, 6) is -2.72. The van der Waals surface area contributed by atoms with Crippen LogP contribution < -0.4 is 4.90 Å². The Kier molecular flexibility index (Phi) is 6.64. The lowest BCUT2D eigenvalue weighted by atomic mass is 9.95. The summed E-state index contributed by atoms with van der Waals surface area (Å²) in [7, 11) is 0. The van der Waals surface area contributed by atoms with Crippen molar-refractivity contribution in [2.45, 2.75) is 26.0 Å². The molecule has 9 heteroatoms. The number of benzene rings is 3. The molecule has 1 unspecified atom stereocenters. The van der Waals surface area contributed by atoms with E-state index in [4.69, 9.17) is 4.74 Å². The number of rotatable bonds is 6. The molecule has 1 heterocycles. The fourth-order valence-corrected chi connectivity index (χ4v) is 3.99. The number of nitrogens with zero attached hydrogens (tertiary/aromatic N) is 2. The van der Waals surface area contributed by atoms with E-state index in [0.717, 1.165) is 0 Å². The van der Waals surface area contributed by atoms with Gasteiger partial charge in [-0.2, -0.15) is 0 Å². The first-order valence-corrected chi connectivity index (χ1v) is 11.1. The zero-order valence-electron chi connectivity index (χ0n) is 19.5. The number of ketones is 1. The number of aliphatic hydroxyl groups is 1. The van der Waals surface area contributed by atoms with Crippen LogP contribution in [-0.4, -0.2) is 33.8 Å². The highest BCUT2D eigenvalue weighted by atomic mass is 16.6. The third-order valence-electron chi connectivity index (χ3n) is 5.64. The van der Waals surface area contributed by atoms with Gasteiger partial charge in [0, 0.05) is 23.4 Å². The molecule has 1 atom stereocenters. The van der Waals surface area contributed by atoms with Gasteiger partial charge in [0.15, 0.2) is 0 Å². The fourth-order valence-electron chi connectivity index (χ4n) is 3.99. The van der Waals surface area contributed by atoms with Gasteiger partial charge >= 0.3 is 5.97 Å². The number of Topliss-reactive ketones (excluding diaryl/α,β-unsaturated/α-hetero) is 1. The summed E-state index contributed by atoms with van der Waals surface area (Å²) in [5.41, 5.74) is 1.03. The van der Waals surface area contributed by atoms with Crippen LogP contribution in [0.4, 0.5) is 11.4 Å². The van der Waals surface area contributed by atoms with Crippen LogP contribution >= 0.6 is 0 Å². The molecule has 1 aliphatic heterocycles. The minimum absolute atomic E-state index is 0.150. The Labute approximate surface area is 206 Å². The number of hydrogen-bond donors (Lipinski definition) is 1. The Morgan fingerprint density at radius 3 is 2.08 bits per heavy atom. The zero-order chi connectivity index (χ0) is 26.0. The average molecular weight is 486 g/mol. The Balaban J connectivity index is 1.81. The number of non-ortho nitro benzene ring substituents is 1. The summed E-state index contributed by atoms with van der Waals surface area (Å²) in [6, 6.07) is 18.9. The number of hydrogen-bond acceptors (Lipinski definition) is 7. The second-order valence-electron chi connectivity index (χ2n) is 8.38. The minimum atomic E-state index is -0.963. The number of carbonyl (C=O) groups is 3. The van der Waals surface area contributed by atoms with Gasteiger partial charge in [0.05, 0.1) is 28.2 Å². The van der Waals surface area contributed by atoms with Crippen LogP contribution in [0.3, 0.4) is 0 Å². The molecular formula is C27H22N2O7. The lowest BCUT2D eigenvalue weighted by molar-refractivity contribution is -0.384. The van der Waals surface area contributed by atoms with E-state index in [0.29, 0.717) is 11.3 Å². The second kappa shape index (κ2) is 9.83. The molecule has 0 aliphatic carbocycles. The van der Waals surface area contributed by atoms with Crippen molar-refractivity contribution in [3.63, 3.8) is 0 Å². The summed E-state index contributed by atoms with van der Waals surface area (Å²) in [6.07, 6.45) is -0.299. The molecule has 182 valence electrons. The van der Waals surface area contributed by atoms with Gasteiger partial charge in [0.2, 0.25) is 0 Å². The van der Waals surface area contributed by atoms with E-state index in [1.807, 2.05) is 0 Å². The minimum Gasteiger partial charge on any atom is -0.507 e. The first-order chi connectivity index (χ1) is 17.2. The maximum atomic E-state index is 13.2. The van der Waals surface area contributed by atoms with Crippen LogP contribution in [0.5, 0.6) is 0 Å². The molecule has 4 rings (SSSR count). The van der Waals surface area contributed by atoms with Crippen molar-refractivity contribution in [2.75, 3.05) is 4.90 Å². The predicted octanol–water partition coefficient (Wildman–Crippen LogP) is 4.79. The highest BCUT2D eigenvalue weighted by molar-refractivity contribution is 6.51. The quantitative estimate of drug-likeness (QED) is 0.133. The predicted molar refractivity (Wildman–Crippen MR) is 131 cm³/mol. The van der Waals surface area contributed by atoms with Crippen molar-refractivity contribution >= 4 is 34.8 Å². The van der Waals surface area contributed by atoms with E-state index in [2.05, 4.69) is 0 Å². The Hall–Kier alpha value is -4.79. The molecular weight excluding hydrogens is 464 g/mol. The molecule has 3 aromatic rings. The number of nitro benzene ring substituents is 1. The molecule has 3 aromatic carbocycles. The lowest BCUT2D eigenvalue weighted by Crippen LogP contribution is -2.29. The van der Waals surface area contributed by atoms with Crippen molar-refractivity contribution < 1.29 is 29.2 Å². The average Bonchev–Trinajstić information content (AvgIpc) is 3.14. The Morgan fingerprint density at radius 1 is 0.944 bits per heavy atom. The third-order valence-corrected chi connectivity index (χ3v) is 5.64. The van der Waals surface area contributed by atoms with Crippen LogP contribution in [0.2, 0.25) is 0 Å². The summed E-state index contributed by atoms with van der Waals surface area (Å²) >= 11 is 0. The maximum Gasteiger partial charge on any atom is 0.338 e. The standard InChI is InChI=1S/C27H22N2O7/c1-16(2)36-27(33)19-10-12-20(13-11-19)28-23(17-6-4-3-5-7-17)22(25(31)26(28)32)24(30)18-8-14-21(15-9-18)29(34)35/h3-16,23,30H,1-2H3/b24-22-. The van der Waals surface area contributed by atoms with Gasteiger partial charge < -0.3 is 9.84 Å². The molecule has 1 fully saturated rings. The number of anilines is 1.